The van der Waals surface area contributed by atoms with Crippen molar-refractivity contribution in [2.75, 3.05) is 47.3 Å². The predicted octanol–water partition coefficient (Wildman–Crippen LogP) is -0.489. The van der Waals surface area contributed by atoms with Gasteiger partial charge in [-0.05, 0) is 27.9 Å². The quantitative estimate of drug-likeness (QED) is 0.530. The number of hydrogen-bond donors (Lipinski definition) is 2. The molecule has 1 rings (SSSR count). The Labute approximate surface area is 124 Å². The molecular formula is C14H28N4O2. The van der Waals surface area contributed by atoms with Crippen molar-refractivity contribution < 1.29 is 12.3 Å². The van der Waals surface area contributed by atoms with Gasteiger partial charge in [0.2, 0.25) is 11.8 Å². The van der Waals surface area contributed by atoms with Crippen LogP contribution in [0.3, 0.4) is 0 Å². The lowest BCUT2D eigenvalue weighted by molar-refractivity contribution is -0.134. The molecule has 0 aromatic rings. The summed E-state index contributed by atoms with van der Waals surface area (Å²) in [4.78, 5) is 27.6. The maximum Gasteiger partial charge on any atom is 0.227 e. The van der Waals surface area contributed by atoms with Crippen LogP contribution >= 0.6 is 0 Å². The van der Waals surface area contributed by atoms with Gasteiger partial charge in [0.15, 0.2) is 0 Å². The molecule has 2 N–H and O–H groups in total. The Morgan fingerprint density at radius 2 is 2.10 bits per heavy atom. The summed E-state index contributed by atoms with van der Waals surface area (Å²) in [5.74, 6) is -0.267. The minimum Gasteiger partial charge on any atom is -0.359 e. The lowest BCUT2D eigenvalue weighted by atomic mass is 9.81. The third-order valence-corrected chi connectivity index (χ3v) is 3.96. The van der Waals surface area contributed by atoms with E-state index in [9.17, 15) is 9.59 Å². The minimum absolute atomic E-state index is 0.116. The van der Waals surface area contributed by atoms with Gasteiger partial charge in [-0.1, -0.05) is 0 Å². The van der Waals surface area contributed by atoms with Crippen molar-refractivity contribution in [3.8, 4) is 0 Å². The van der Waals surface area contributed by atoms with Crippen LogP contribution in [-0.2, 0) is 9.59 Å². The van der Waals surface area contributed by atoms with Gasteiger partial charge in [0.05, 0.1) is 5.41 Å². The van der Waals surface area contributed by atoms with E-state index in [0.717, 1.165) is 6.54 Å². The third kappa shape index (κ3) is 4.18. The zero-order valence-corrected chi connectivity index (χ0v) is 12.9. The van der Waals surface area contributed by atoms with Crippen molar-refractivity contribution >= 4 is 11.8 Å². The molecule has 6 heteroatoms. The van der Waals surface area contributed by atoms with Crippen molar-refractivity contribution in [2.24, 2.45) is 5.41 Å². The standard InChI is InChI=1S/C14H28N4O2/c1-14(2,11-10-17(4)8-9-18(11)5)13(20)16-7-6-12(19)15-3/h11H,6-10H2,1-5H3,(H,15,19)(H,16,20)/i3+1,4+1,5+1D2,15+1. The first-order valence-corrected chi connectivity index (χ1v) is 6.97. The van der Waals surface area contributed by atoms with Crippen molar-refractivity contribution in [3.05, 3.63) is 0 Å². The second-order valence-corrected chi connectivity index (χ2v) is 5.92. The van der Waals surface area contributed by atoms with E-state index in [4.69, 9.17) is 2.74 Å². The van der Waals surface area contributed by atoms with Gasteiger partial charge in [-0.3, -0.25) is 14.5 Å². The van der Waals surface area contributed by atoms with Crippen molar-refractivity contribution in [2.45, 2.75) is 26.3 Å². The molecule has 0 aromatic carbocycles. The maximum absolute atomic E-state index is 12.5. The van der Waals surface area contributed by atoms with Crippen LogP contribution in [0.15, 0.2) is 0 Å². The monoisotopic (exact) mass is 290 g/mol. The molecule has 116 valence electrons. The number of carbonyl (C=O) groups is 2. The molecule has 1 fully saturated rings. The van der Waals surface area contributed by atoms with Gasteiger partial charge in [-0.15, -0.1) is 0 Å². The number of likely N-dealkylation sites (N-methyl/N-ethyl adjacent to an activating group) is 2. The first-order chi connectivity index (χ1) is 10.2. The van der Waals surface area contributed by atoms with Crippen molar-refractivity contribution in [1.82, 2.24) is 20.4 Å². The number of nitrogens with zero attached hydrogens (tertiary/aromatic N) is 2. The van der Waals surface area contributed by atoms with Gasteiger partial charge in [0.1, 0.15) is 0 Å². The first-order valence-electron chi connectivity index (χ1n) is 8.13. The number of piperazine rings is 1. The Bertz CT molecular complexity index is 404. The number of rotatable bonds is 5. The molecule has 0 spiro atoms. The lowest BCUT2D eigenvalue weighted by Gasteiger charge is -2.45. The highest BCUT2D eigenvalue weighted by Gasteiger charge is 2.41. The van der Waals surface area contributed by atoms with Gasteiger partial charge in [0.25, 0.3) is 0 Å². The normalized spacial score (nSPS) is 23.1. The summed E-state index contributed by atoms with van der Waals surface area (Å²) >= 11 is 0. The minimum atomic E-state index is -1.09. The molecule has 0 aromatic heterocycles. The zero-order chi connectivity index (χ0) is 16.9. The van der Waals surface area contributed by atoms with Gasteiger partial charge >= 0.3 is 0 Å². The fourth-order valence-corrected chi connectivity index (χ4v) is 2.37. The van der Waals surface area contributed by atoms with E-state index in [1.807, 2.05) is 20.9 Å². The highest BCUT2D eigenvalue weighted by atomic mass is 16.2. The van der Waals surface area contributed by atoms with E-state index in [1.54, 1.807) is 11.9 Å². The Morgan fingerprint density at radius 1 is 1.40 bits per heavy atom. The Hall–Kier alpha value is -1.14. The predicted molar refractivity (Wildman–Crippen MR) is 79.4 cm³/mol. The fraction of sp³-hybridized carbons (Fsp3) is 0.857. The molecule has 0 radical (unpaired) electrons. The first kappa shape index (κ1) is 13.8. The van der Waals surface area contributed by atoms with Crippen LogP contribution in [0, 0.1) is 5.41 Å². The molecule has 1 unspecified atom stereocenters. The van der Waals surface area contributed by atoms with E-state index in [2.05, 4.69) is 15.5 Å². The molecule has 0 saturated carbocycles. The van der Waals surface area contributed by atoms with Crippen molar-refractivity contribution in [3.63, 3.8) is 0 Å². The smallest absolute Gasteiger partial charge is 0.227 e. The average molecular weight is 290 g/mol. The number of hydrogen-bond acceptors (Lipinski definition) is 4. The van der Waals surface area contributed by atoms with Crippen LogP contribution in [0.4, 0.5) is 0 Å². The van der Waals surface area contributed by atoms with E-state index in [0.29, 0.717) is 13.1 Å². The van der Waals surface area contributed by atoms with Crippen LogP contribution in [-0.4, -0.2) is 74.9 Å². The van der Waals surface area contributed by atoms with E-state index >= 15 is 0 Å². The molecule has 1 atom stereocenters. The highest BCUT2D eigenvalue weighted by molar-refractivity contribution is 5.83. The summed E-state index contributed by atoms with van der Waals surface area (Å²) in [6.45, 7) is 4.91. The molecule has 1 saturated heterocycles. The summed E-state index contributed by atoms with van der Waals surface area (Å²) < 4.78 is 15.4. The van der Waals surface area contributed by atoms with Crippen LogP contribution in [0.25, 0.3) is 0 Å². The molecular weight excluding hydrogens is 260 g/mol. The Balaban J connectivity index is 2.71. The average Bonchev–Trinajstić information content (AvgIpc) is 2.46. The van der Waals surface area contributed by atoms with Crippen LogP contribution in [0.2, 0.25) is 0 Å². The van der Waals surface area contributed by atoms with Crippen LogP contribution in [0.1, 0.15) is 23.0 Å². The summed E-state index contributed by atoms with van der Waals surface area (Å²) in [6, 6.07) is -0.203. The Morgan fingerprint density at radius 3 is 2.70 bits per heavy atom. The summed E-state index contributed by atoms with van der Waals surface area (Å²) in [7, 11) is 3.54. The van der Waals surface area contributed by atoms with E-state index in [-0.39, 0.29) is 30.8 Å². The second kappa shape index (κ2) is 7.04. The van der Waals surface area contributed by atoms with Crippen molar-refractivity contribution in [1.29, 1.82) is 0 Å². The maximum atomic E-state index is 12.5. The van der Waals surface area contributed by atoms with Gasteiger partial charge < -0.3 is 15.5 Å². The van der Waals surface area contributed by atoms with Crippen LogP contribution < -0.4 is 10.6 Å². The number of amides is 2. The molecule has 20 heavy (non-hydrogen) atoms. The number of carbonyl (C=O) groups excluding carboxylic acids is 2. The molecule has 1 heterocycles. The summed E-state index contributed by atoms with van der Waals surface area (Å²) in [5, 5.41) is 5.31. The molecule has 0 aliphatic carbocycles. The summed E-state index contributed by atoms with van der Waals surface area (Å²) in [6.07, 6.45) is 0.242. The third-order valence-electron chi connectivity index (χ3n) is 3.96. The zero-order valence-electron chi connectivity index (χ0n) is 14.9. The van der Waals surface area contributed by atoms with Gasteiger partial charge in [-0.2, -0.15) is 0 Å². The largest absolute Gasteiger partial charge is 0.359 e. The molecule has 1 aliphatic heterocycles. The Kier molecular flexibility index (Phi) is 4.86. The fourth-order valence-electron chi connectivity index (χ4n) is 2.37. The topological polar surface area (TPSA) is 64.7 Å². The number of nitrogens with one attached hydrogen (secondary N) is 2. The van der Waals surface area contributed by atoms with Gasteiger partial charge in [0, 0.05) is 48.4 Å². The molecule has 1 aliphatic rings. The summed E-state index contributed by atoms with van der Waals surface area (Å²) in [5.41, 5.74) is -0.738. The second-order valence-electron chi connectivity index (χ2n) is 5.92. The highest BCUT2D eigenvalue weighted by Crippen LogP contribution is 2.27. The SMILES string of the molecule is [2H][13CH]([2H])N1CCN([13CH3])CC1C(C)(C)C(=O)NCCC(=O)[15NH][13CH3]. The van der Waals surface area contributed by atoms with Gasteiger partial charge in [-0.25, -0.2) is 0 Å². The van der Waals surface area contributed by atoms with E-state index in [1.165, 1.54) is 0 Å². The molecule has 2 amide bonds. The molecule has 0 bridgehead atoms. The van der Waals surface area contributed by atoms with Crippen LogP contribution in [0.5, 0.6) is 0 Å². The van der Waals surface area contributed by atoms with E-state index < -0.39 is 12.4 Å². The lowest BCUT2D eigenvalue weighted by Crippen LogP contribution is -2.60. The molecule has 6 nitrogen and oxygen atoms in total.